The van der Waals surface area contributed by atoms with E-state index in [2.05, 4.69) is 26.6 Å². The molecule has 0 atom stereocenters. The van der Waals surface area contributed by atoms with Crippen molar-refractivity contribution in [3.8, 4) is 5.75 Å². The van der Waals surface area contributed by atoms with Crippen LogP contribution in [-0.4, -0.2) is 36.6 Å². The Hall–Kier alpha value is -2.45. The molecular formula is C25H30BrN3O3S. The second-order valence-electron chi connectivity index (χ2n) is 8.14. The zero-order valence-corrected chi connectivity index (χ0v) is 21.4. The quantitative estimate of drug-likeness (QED) is 0.464. The third-order valence-corrected chi connectivity index (χ3v) is 6.63. The number of carbonyl (C=O) groups excluding carboxylic acids is 2. The number of halogens is 1. The van der Waals surface area contributed by atoms with Crippen molar-refractivity contribution >= 4 is 50.8 Å². The van der Waals surface area contributed by atoms with Crippen molar-refractivity contribution in [1.29, 1.82) is 0 Å². The van der Waals surface area contributed by atoms with Gasteiger partial charge in [-0.2, -0.15) is 0 Å². The maximum Gasteiger partial charge on any atom is 0.257 e. The average Bonchev–Trinajstić information content (AvgIpc) is 2.83. The van der Waals surface area contributed by atoms with Crippen LogP contribution in [0.5, 0.6) is 5.75 Å². The Morgan fingerprint density at radius 1 is 1.12 bits per heavy atom. The molecule has 0 heterocycles. The highest BCUT2D eigenvalue weighted by atomic mass is 79.9. The number of hydrogen-bond acceptors (Lipinski definition) is 4. The highest BCUT2D eigenvalue weighted by molar-refractivity contribution is 9.10. The van der Waals surface area contributed by atoms with Gasteiger partial charge in [0.25, 0.3) is 11.8 Å². The molecule has 2 amide bonds. The molecule has 0 saturated heterocycles. The Morgan fingerprint density at radius 2 is 1.85 bits per heavy atom. The molecule has 6 nitrogen and oxygen atoms in total. The van der Waals surface area contributed by atoms with Gasteiger partial charge in [-0.15, -0.1) is 0 Å². The van der Waals surface area contributed by atoms with Gasteiger partial charge in [-0.3, -0.25) is 14.9 Å². The minimum absolute atomic E-state index is 0.120. The van der Waals surface area contributed by atoms with Crippen LogP contribution in [0.3, 0.4) is 0 Å². The standard InChI is InChI=1S/C25H30BrN3O3S/c1-3-15-32-22-14-13-17(16-20(22)26)23(30)28-25(33)29(2)21-12-8-7-11-19(21)24(31)27-18-9-5-4-6-10-18/h7-8,11-14,16,18H,3-6,9-10,15H2,1-2H3,(H,27,31)(H,28,30,33). The molecule has 1 aliphatic rings. The summed E-state index contributed by atoms with van der Waals surface area (Å²) in [7, 11) is 1.74. The molecule has 8 heteroatoms. The molecule has 0 radical (unpaired) electrons. The topological polar surface area (TPSA) is 70.7 Å². The van der Waals surface area contributed by atoms with Crippen LogP contribution in [-0.2, 0) is 0 Å². The van der Waals surface area contributed by atoms with E-state index >= 15 is 0 Å². The van der Waals surface area contributed by atoms with Crippen LogP contribution >= 0.6 is 28.1 Å². The molecule has 2 aromatic rings. The Bertz CT molecular complexity index is 1010. The van der Waals surface area contributed by atoms with Gasteiger partial charge >= 0.3 is 0 Å². The van der Waals surface area contributed by atoms with Gasteiger partial charge in [0.2, 0.25) is 0 Å². The summed E-state index contributed by atoms with van der Waals surface area (Å²) in [4.78, 5) is 27.4. The lowest BCUT2D eigenvalue weighted by atomic mass is 9.95. The minimum atomic E-state index is -0.335. The van der Waals surface area contributed by atoms with Crippen molar-refractivity contribution in [3.63, 3.8) is 0 Å². The Balaban J connectivity index is 1.68. The molecule has 1 saturated carbocycles. The first-order valence-corrected chi connectivity index (χ1v) is 12.5. The number of amides is 2. The van der Waals surface area contributed by atoms with Crippen LogP contribution in [0.1, 0.15) is 66.2 Å². The van der Waals surface area contributed by atoms with E-state index in [0.29, 0.717) is 33.6 Å². The van der Waals surface area contributed by atoms with Gasteiger partial charge in [-0.1, -0.05) is 38.3 Å². The van der Waals surface area contributed by atoms with Gasteiger partial charge in [0, 0.05) is 18.7 Å². The smallest absolute Gasteiger partial charge is 0.257 e. The predicted molar refractivity (Wildman–Crippen MR) is 139 cm³/mol. The van der Waals surface area contributed by atoms with Crippen molar-refractivity contribution in [2.45, 2.75) is 51.5 Å². The summed E-state index contributed by atoms with van der Waals surface area (Å²) in [6.07, 6.45) is 6.43. The second kappa shape index (κ2) is 12.1. The van der Waals surface area contributed by atoms with Crippen molar-refractivity contribution in [3.05, 3.63) is 58.1 Å². The summed E-state index contributed by atoms with van der Waals surface area (Å²) in [6.45, 7) is 2.64. The summed E-state index contributed by atoms with van der Waals surface area (Å²) in [5, 5.41) is 6.11. The summed E-state index contributed by atoms with van der Waals surface area (Å²) in [6, 6.07) is 12.6. The van der Waals surface area contributed by atoms with Crippen LogP contribution in [0, 0.1) is 0 Å². The fourth-order valence-electron chi connectivity index (χ4n) is 3.80. The van der Waals surface area contributed by atoms with Gasteiger partial charge in [0.1, 0.15) is 5.75 Å². The maximum absolute atomic E-state index is 13.0. The number of para-hydroxylation sites is 1. The molecule has 33 heavy (non-hydrogen) atoms. The summed E-state index contributed by atoms with van der Waals surface area (Å²) < 4.78 is 6.34. The number of rotatable bonds is 7. The summed E-state index contributed by atoms with van der Waals surface area (Å²) in [5.74, 6) is 0.231. The molecule has 0 spiro atoms. The van der Waals surface area contributed by atoms with Gasteiger partial charge in [0.05, 0.1) is 22.3 Å². The molecule has 0 bridgehead atoms. The molecule has 0 aliphatic heterocycles. The van der Waals surface area contributed by atoms with E-state index in [9.17, 15) is 9.59 Å². The van der Waals surface area contributed by atoms with Crippen molar-refractivity contribution in [2.75, 3.05) is 18.6 Å². The number of thiocarbonyl (C=S) groups is 1. The SMILES string of the molecule is CCCOc1ccc(C(=O)NC(=S)N(C)c2ccccc2C(=O)NC2CCCCC2)cc1Br. The van der Waals surface area contributed by atoms with Crippen molar-refractivity contribution in [2.24, 2.45) is 0 Å². The maximum atomic E-state index is 13.0. The summed E-state index contributed by atoms with van der Waals surface area (Å²) in [5.41, 5.74) is 1.62. The Labute approximate surface area is 209 Å². The van der Waals surface area contributed by atoms with E-state index < -0.39 is 0 Å². The van der Waals surface area contributed by atoms with E-state index in [4.69, 9.17) is 17.0 Å². The van der Waals surface area contributed by atoms with Gasteiger partial charge in [0.15, 0.2) is 5.11 Å². The largest absolute Gasteiger partial charge is 0.492 e. The average molecular weight is 533 g/mol. The highest BCUT2D eigenvalue weighted by Crippen LogP contribution is 2.26. The molecular weight excluding hydrogens is 502 g/mol. The van der Waals surface area contributed by atoms with E-state index in [1.54, 1.807) is 36.2 Å². The molecule has 1 aliphatic carbocycles. The monoisotopic (exact) mass is 531 g/mol. The Kier molecular flexibility index (Phi) is 9.26. The third-order valence-electron chi connectivity index (χ3n) is 5.63. The van der Waals surface area contributed by atoms with Crippen LogP contribution < -0.4 is 20.3 Å². The van der Waals surface area contributed by atoms with Crippen LogP contribution in [0.25, 0.3) is 0 Å². The number of nitrogens with zero attached hydrogens (tertiary/aromatic N) is 1. The van der Waals surface area contributed by atoms with Crippen LogP contribution in [0.4, 0.5) is 5.69 Å². The van der Waals surface area contributed by atoms with E-state index in [1.807, 2.05) is 25.1 Å². The van der Waals surface area contributed by atoms with E-state index in [0.717, 1.165) is 32.1 Å². The number of hydrogen-bond donors (Lipinski definition) is 2. The number of carbonyl (C=O) groups is 2. The first-order valence-electron chi connectivity index (χ1n) is 11.3. The number of ether oxygens (including phenoxy) is 1. The number of benzene rings is 2. The van der Waals surface area contributed by atoms with Crippen molar-refractivity contribution in [1.82, 2.24) is 10.6 Å². The lowest BCUT2D eigenvalue weighted by Gasteiger charge is -2.26. The van der Waals surface area contributed by atoms with Gasteiger partial charge in [-0.25, -0.2) is 0 Å². The molecule has 0 aromatic heterocycles. The van der Waals surface area contributed by atoms with E-state index in [1.165, 1.54) is 6.42 Å². The first-order chi connectivity index (χ1) is 15.9. The first kappa shape index (κ1) is 25.2. The number of nitrogens with one attached hydrogen (secondary N) is 2. The Morgan fingerprint density at radius 3 is 2.55 bits per heavy atom. The molecule has 176 valence electrons. The van der Waals surface area contributed by atoms with E-state index in [-0.39, 0.29) is 23.0 Å². The fraction of sp³-hybridized carbons (Fsp3) is 0.400. The fourth-order valence-corrected chi connectivity index (χ4v) is 4.49. The van der Waals surface area contributed by atoms with Gasteiger partial charge in [-0.05, 0) is 77.7 Å². The zero-order chi connectivity index (χ0) is 23.8. The summed E-state index contributed by atoms with van der Waals surface area (Å²) >= 11 is 8.94. The van der Waals surface area contributed by atoms with Gasteiger partial charge < -0.3 is 15.0 Å². The number of anilines is 1. The zero-order valence-electron chi connectivity index (χ0n) is 19.0. The van der Waals surface area contributed by atoms with Crippen LogP contribution in [0.15, 0.2) is 46.9 Å². The minimum Gasteiger partial charge on any atom is -0.492 e. The normalized spacial score (nSPS) is 13.8. The lowest BCUT2D eigenvalue weighted by molar-refractivity contribution is 0.0927. The lowest BCUT2D eigenvalue weighted by Crippen LogP contribution is -2.42. The van der Waals surface area contributed by atoms with Crippen molar-refractivity contribution < 1.29 is 14.3 Å². The molecule has 2 N–H and O–H groups in total. The third kappa shape index (κ3) is 6.77. The highest BCUT2D eigenvalue weighted by Gasteiger charge is 2.21. The molecule has 3 rings (SSSR count). The molecule has 2 aromatic carbocycles. The molecule has 0 unspecified atom stereocenters. The second-order valence-corrected chi connectivity index (χ2v) is 9.38. The molecule has 1 fully saturated rings. The van der Waals surface area contributed by atoms with Crippen LogP contribution in [0.2, 0.25) is 0 Å². The predicted octanol–water partition coefficient (Wildman–Crippen LogP) is 5.45.